The van der Waals surface area contributed by atoms with E-state index in [0.717, 1.165) is 5.71 Å². The summed E-state index contributed by atoms with van der Waals surface area (Å²) in [6, 6.07) is 1.90. The Labute approximate surface area is 107 Å². The van der Waals surface area contributed by atoms with E-state index in [2.05, 4.69) is 10.3 Å². The number of ether oxygens (including phenoxy) is 1. The van der Waals surface area contributed by atoms with Gasteiger partial charge < -0.3 is 15.2 Å². The number of allylic oxidation sites excluding steroid dienone is 1. The second kappa shape index (κ2) is 4.83. The number of nitrogens with one attached hydrogen (secondary N) is 1. The van der Waals surface area contributed by atoms with Crippen LogP contribution in [0.2, 0.25) is 0 Å². The second-order valence-corrected chi connectivity index (χ2v) is 5.10. The van der Waals surface area contributed by atoms with E-state index in [4.69, 9.17) is 10.00 Å². The molecule has 5 nitrogen and oxygen atoms in total. The highest BCUT2D eigenvalue weighted by atomic mass is 16.5. The first-order chi connectivity index (χ1) is 8.20. The molecular weight excluding hydrogens is 230 g/mol. The summed E-state index contributed by atoms with van der Waals surface area (Å²) < 4.78 is 5.68. The summed E-state index contributed by atoms with van der Waals surface area (Å²) >= 11 is 0. The van der Waals surface area contributed by atoms with Gasteiger partial charge in [-0.15, -0.1) is 0 Å². The standard InChI is InChI=1S/C13H19N3O2/c1-12(2,17)9(6-7-14)16-11-8-10(15-5)13(3,4)18-11/h6,8,16-17H,1-5H3/b9-6+,15-10?. The van der Waals surface area contributed by atoms with E-state index in [-0.39, 0.29) is 0 Å². The van der Waals surface area contributed by atoms with Crippen molar-refractivity contribution in [3.05, 3.63) is 23.7 Å². The van der Waals surface area contributed by atoms with Crippen LogP contribution < -0.4 is 5.32 Å². The van der Waals surface area contributed by atoms with Gasteiger partial charge in [-0.05, 0) is 27.7 Å². The molecule has 0 saturated carbocycles. The molecule has 0 aromatic heterocycles. The van der Waals surface area contributed by atoms with Gasteiger partial charge in [0.15, 0.2) is 5.88 Å². The van der Waals surface area contributed by atoms with Crippen LogP contribution in [0.3, 0.4) is 0 Å². The maximum absolute atomic E-state index is 9.93. The van der Waals surface area contributed by atoms with E-state index in [9.17, 15) is 5.11 Å². The maximum atomic E-state index is 9.93. The minimum atomic E-state index is -1.14. The molecular formula is C13H19N3O2. The number of hydrogen-bond donors (Lipinski definition) is 2. The molecule has 0 aromatic rings. The van der Waals surface area contributed by atoms with Gasteiger partial charge in [-0.25, -0.2) is 0 Å². The molecule has 98 valence electrons. The molecule has 0 atom stereocenters. The minimum Gasteiger partial charge on any atom is -0.466 e. The summed E-state index contributed by atoms with van der Waals surface area (Å²) in [5.41, 5.74) is -0.466. The van der Waals surface area contributed by atoms with Crippen LogP contribution in [0.4, 0.5) is 0 Å². The Hall–Kier alpha value is -1.80. The first-order valence-electron chi connectivity index (χ1n) is 5.68. The average molecular weight is 249 g/mol. The predicted octanol–water partition coefficient (Wildman–Crippen LogP) is 1.48. The van der Waals surface area contributed by atoms with Crippen LogP contribution in [-0.2, 0) is 4.74 Å². The van der Waals surface area contributed by atoms with Gasteiger partial charge in [0.05, 0.1) is 23.1 Å². The van der Waals surface area contributed by atoms with Crippen molar-refractivity contribution in [2.45, 2.75) is 38.9 Å². The fourth-order valence-electron chi connectivity index (χ4n) is 1.61. The monoisotopic (exact) mass is 249 g/mol. The van der Waals surface area contributed by atoms with Gasteiger partial charge in [-0.3, -0.25) is 4.99 Å². The van der Waals surface area contributed by atoms with Crippen LogP contribution in [0.1, 0.15) is 27.7 Å². The lowest BCUT2D eigenvalue weighted by Crippen LogP contribution is -2.34. The van der Waals surface area contributed by atoms with Crippen molar-refractivity contribution in [3.63, 3.8) is 0 Å². The van der Waals surface area contributed by atoms with E-state index < -0.39 is 11.2 Å². The first kappa shape index (κ1) is 14.3. The first-order valence-corrected chi connectivity index (χ1v) is 5.68. The number of nitrogens with zero attached hydrogens (tertiary/aromatic N) is 2. The summed E-state index contributed by atoms with van der Waals surface area (Å²) in [6.45, 7) is 6.99. The summed E-state index contributed by atoms with van der Waals surface area (Å²) in [5, 5.41) is 21.6. The highest BCUT2D eigenvalue weighted by Gasteiger charge is 2.34. The molecule has 0 amide bonds. The fraction of sp³-hybridized carbons (Fsp3) is 0.538. The lowest BCUT2D eigenvalue weighted by Gasteiger charge is -2.25. The van der Waals surface area contributed by atoms with E-state index in [0.29, 0.717) is 11.6 Å². The third-order valence-electron chi connectivity index (χ3n) is 2.62. The molecule has 0 aliphatic carbocycles. The van der Waals surface area contributed by atoms with Crippen LogP contribution in [-0.4, -0.2) is 29.1 Å². The summed E-state index contributed by atoms with van der Waals surface area (Å²) in [5.74, 6) is 0.476. The molecule has 0 radical (unpaired) electrons. The molecule has 0 aromatic carbocycles. The van der Waals surface area contributed by atoms with Crippen LogP contribution in [0, 0.1) is 11.3 Å². The molecule has 1 aliphatic heterocycles. The fourth-order valence-corrected chi connectivity index (χ4v) is 1.61. The van der Waals surface area contributed by atoms with Gasteiger partial charge in [0.25, 0.3) is 0 Å². The lowest BCUT2D eigenvalue weighted by atomic mass is 10.0. The molecule has 1 heterocycles. The summed E-state index contributed by atoms with van der Waals surface area (Å²) in [4.78, 5) is 4.13. The Kier molecular flexibility index (Phi) is 3.82. The Morgan fingerprint density at radius 1 is 1.61 bits per heavy atom. The highest BCUT2D eigenvalue weighted by molar-refractivity contribution is 6.03. The number of nitriles is 1. The lowest BCUT2D eigenvalue weighted by molar-refractivity contribution is 0.0805. The smallest absolute Gasteiger partial charge is 0.194 e. The van der Waals surface area contributed by atoms with Crippen molar-refractivity contribution in [3.8, 4) is 6.07 Å². The zero-order chi connectivity index (χ0) is 14.0. The van der Waals surface area contributed by atoms with E-state index in [1.807, 2.05) is 19.9 Å². The molecule has 18 heavy (non-hydrogen) atoms. The molecule has 0 spiro atoms. The third kappa shape index (κ3) is 3.11. The Morgan fingerprint density at radius 2 is 2.22 bits per heavy atom. The Morgan fingerprint density at radius 3 is 2.61 bits per heavy atom. The largest absolute Gasteiger partial charge is 0.466 e. The van der Waals surface area contributed by atoms with Gasteiger partial charge in [0.1, 0.15) is 5.60 Å². The Balaban J connectivity index is 2.94. The van der Waals surface area contributed by atoms with Gasteiger partial charge in [0, 0.05) is 19.2 Å². The number of hydrogen-bond acceptors (Lipinski definition) is 5. The molecule has 0 unspecified atom stereocenters. The van der Waals surface area contributed by atoms with Gasteiger partial charge >= 0.3 is 0 Å². The number of aliphatic imine (C=N–C) groups is 1. The van der Waals surface area contributed by atoms with Crippen molar-refractivity contribution >= 4 is 5.71 Å². The molecule has 2 N–H and O–H groups in total. The molecule has 0 fully saturated rings. The van der Waals surface area contributed by atoms with Crippen molar-refractivity contribution < 1.29 is 9.84 Å². The molecule has 5 heteroatoms. The van der Waals surface area contributed by atoms with E-state index >= 15 is 0 Å². The summed E-state index contributed by atoms with van der Waals surface area (Å²) in [7, 11) is 1.70. The maximum Gasteiger partial charge on any atom is 0.194 e. The van der Waals surface area contributed by atoms with E-state index in [1.165, 1.54) is 6.08 Å². The number of aliphatic hydroxyl groups is 1. The van der Waals surface area contributed by atoms with Crippen LogP contribution in [0.5, 0.6) is 0 Å². The normalized spacial score (nSPS) is 21.3. The topological polar surface area (TPSA) is 77.6 Å². The van der Waals surface area contributed by atoms with E-state index in [1.54, 1.807) is 27.0 Å². The SMILES string of the molecule is CN=C1C=C(N/C(=C/C#N)C(C)(C)O)OC1(C)C. The predicted molar refractivity (Wildman–Crippen MR) is 69.7 cm³/mol. The third-order valence-corrected chi connectivity index (χ3v) is 2.62. The molecule has 0 bridgehead atoms. The van der Waals surface area contributed by atoms with Crippen LogP contribution in [0.25, 0.3) is 0 Å². The van der Waals surface area contributed by atoms with Crippen LogP contribution >= 0.6 is 0 Å². The van der Waals surface area contributed by atoms with Crippen molar-refractivity contribution in [2.24, 2.45) is 4.99 Å². The van der Waals surface area contributed by atoms with Crippen molar-refractivity contribution in [1.82, 2.24) is 5.32 Å². The second-order valence-electron chi connectivity index (χ2n) is 5.10. The number of rotatable bonds is 3. The zero-order valence-corrected chi connectivity index (χ0v) is 11.4. The zero-order valence-electron chi connectivity index (χ0n) is 11.4. The summed E-state index contributed by atoms with van der Waals surface area (Å²) in [6.07, 6.45) is 3.02. The minimum absolute atomic E-state index is 0.379. The van der Waals surface area contributed by atoms with Crippen molar-refractivity contribution in [1.29, 1.82) is 5.26 Å². The van der Waals surface area contributed by atoms with Gasteiger partial charge in [-0.2, -0.15) is 5.26 Å². The molecule has 1 rings (SSSR count). The van der Waals surface area contributed by atoms with Crippen molar-refractivity contribution in [2.75, 3.05) is 7.05 Å². The quantitative estimate of drug-likeness (QED) is 0.743. The molecule has 1 aliphatic rings. The highest BCUT2D eigenvalue weighted by Crippen LogP contribution is 2.25. The van der Waals surface area contributed by atoms with Gasteiger partial charge in [0.2, 0.25) is 0 Å². The van der Waals surface area contributed by atoms with Gasteiger partial charge in [-0.1, -0.05) is 0 Å². The van der Waals surface area contributed by atoms with Crippen LogP contribution in [0.15, 0.2) is 28.7 Å². The Bertz CT molecular complexity index is 460. The molecule has 0 saturated heterocycles. The average Bonchev–Trinajstić information content (AvgIpc) is 2.51.